The van der Waals surface area contributed by atoms with Crippen LogP contribution in [0.4, 0.5) is 5.69 Å². The Kier molecular flexibility index (Phi) is 8.68. The quantitative estimate of drug-likeness (QED) is 0.390. The third-order valence-electron chi connectivity index (χ3n) is 4.80. The first kappa shape index (κ1) is 24.2. The Labute approximate surface area is 188 Å². The van der Waals surface area contributed by atoms with Gasteiger partial charge in [0.25, 0.3) is 0 Å². The monoisotopic (exact) mass is 419 g/mol. The molecule has 2 N–H and O–H groups in total. The smallest absolute Gasteiger partial charge is 0.744 e. The van der Waals surface area contributed by atoms with E-state index in [2.05, 4.69) is 0 Å². The molecule has 0 heterocycles. The number of hydrogen-bond acceptors (Lipinski definition) is 6. The molecule has 0 bridgehead atoms. The normalized spacial score (nSPS) is 13.2. The van der Waals surface area contributed by atoms with Crippen molar-refractivity contribution in [1.29, 1.82) is 0 Å². The van der Waals surface area contributed by atoms with Gasteiger partial charge in [0, 0.05) is 0 Å². The largest absolute Gasteiger partial charge is 1.00 e. The van der Waals surface area contributed by atoms with Crippen molar-refractivity contribution >= 4 is 15.8 Å². The van der Waals surface area contributed by atoms with Crippen molar-refractivity contribution in [3.63, 3.8) is 0 Å². The van der Waals surface area contributed by atoms with Gasteiger partial charge >= 0.3 is 18.9 Å². The molecular formula is C22H22LiNO5S. The molecule has 0 spiro atoms. The van der Waals surface area contributed by atoms with Crippen LogP contribution in [0.5, 0.6) is 0 Å². The van der Waals surface area contributed by atoms with Gasteiger partial charge in [0.15, 0.2) is 0 Å². The van der Waals surface area contributed by atoms with Gasteiger partial charge in [-0.15, -0.1) is 0 Å². The minimum atomic E-state index is -4.78. The second kappa shape index (κ2) is 10.8. The first-order chi connectivity index (χ1) is 14.0. The zero-order valence-corrected chi connectivity index (χ0v) is 17.4. The van der Waals surface area contributed by atoms with Gasteiger partial charge in [-0.3, -0.25) is 0 Å². The maximum atomic E-state index is 11.9. The third-order valence-corrected chi connectivity index (χ3v) is 5.68. The zero-order chi connectivity index (χ0) is 20.9. The summed E-state index contributed by atoms with van der Waals surface area (Å²) < 4.78 is 35.8. The van der Waals surface area contributed by atoms with E-state index in [1.807, 2.05) is 60.7 Å². The summed E-state index contributed by atoms with van der Waals surface area (Å²) in [5.74, 6) is 0. The van der Waals surface area contributed by atoms with E-state index < -0.39 is 27.1 Å². The van der Waals surface area contributed by atoms with Gasteiger partial charge < -0.3 is 19.7 Å². The van der Waals surface area contributed by atoms with E-state index in [1.54, 1.807) is 11.0 Å². The van der Waals surface area contributed by atoms with Gasteiger partial charge in [-0.1, -0.05) is 72.8 Å². The van der Waals surface area contributed by atoms with E-state index >= 15 is 0 Å². The van der Waals surface area contributed by atoms with Gasteiger partial charge in [0.05, 0.1) is 35.9 Å². The average molecular weight is 419 g/mol. The number of anilines is 1. The predicted octanol–water partition coefficient (Wildman–Crippen LogP) is -0.132. The number of aliphatic hydroxyl groups excluding tert-OH is 2. The minimum absolute atomic E-state index is 0. The van der Waals surface area contributed by atoms with Crippen molar-refractivity contribution in [3.8, 4) is 0 Å². The Morgan fingerprint density at radius 1 is 0.733 bits per heavy atom. The van der Waals surface area contributed by atoms with E-state index in [4.69, 9.17) is 0 Å². The fourth-order valence-electron chi connectivity index (χ4n) is 3.49. The van der Waals surface area contributed by atoms with Gasteiger partial charge in [0.1, 0.15) is 10.1 Å². The van der Waals surface area contributed by atoms with Crippen LogP contribution in [0, 0.1) is 0 Å². The third kappa shape index (κ3) is 5.32. The van der Waals surface area contributed by atoms with Crippen LogP contribution in [0.2, 0.25) is 0 Å². The molecule has 2 atom stereocenters. The number of para-hydroxylation sites is 1. The van der Waals surface area contributed by atoms with Crippen LogP contribution >= 0.6 is 0 Å². The first-order valence-electron chi connectivity index (χ1n) is 9.12. The number of hydrogen-bond donors (Lipinski definition) is 2. The summed E-state index contributed by atoms with van der Waals surface area (Å²) in [4.78, 5) is 1.21. The molecule has 3 aromatic carbocycles. The molecule has 0 fully saturated rings. The van der Waals surface area contributed by atoms with Crippen molar-refractivity contribution in [2.24, 2.45) is 0 Å². The number of benzene rings is 3. The van der Waals surface area contributed by atoms with Crippen molar-refractivity contribution in [1.82, 2.24) is 0 Å². The number of aliphatic hydroxyl groups is 2. The molecule has 6 nitrogen and oxygen atoms in total. The number of rotatable bonds is 8. The van der Waals surface area contributed by atoms with E-state index in [0.29, 0.717) is 0 Å². The standard InChI is InChI=1S/C22H23NO5S.Li/c24-15-20(17-9-3-1-4-10-17)23(21(16-25)18-11-5-2-6-12-18)19-13-7-8-14-22(19)29(26,27)28;/h1-14,20-21,24-25H,15-16H2,(H,26,27,28);/q;+1/p-1. The van der Waals surface area contributed by atoms with Gasteiger partial charge in [-0.2, -0.15) is 0 Å². The van der Waals surface area contributed by atoms with Crippen molar-refractivity contribution in [3.05, 3.63) is 96.1 Å². The molecule has 8 heteroatoms. The van der Waals surface area contributed by atoms with Crippen molar-refractivity contribution < 1.29 is 42.0 Å². The van der Waals surface area contributed by atoms with Crippen molar-refractivity contribution in [2.75, 3.05) is 18.1 Å². The average Bonchev–Trinajstić information content (AvgIpc) is 2.74. The van der Waals surface area contributed by atoms with Crippen LogP contribution in [-0.2, 0) is 10.1 Å². The van der Waals surface area contributed by atoms with E-state index in [1.165, 1.54) is 18.2 Å². The van der Waals surface area contributed by atoms with E-state index in [-0.39, 0.29) is 37.8 Å². The van der Waals surface area contributed by atoms with Gasteiger partial charge in [0.2, 0.25) is 0 Å². The molecule has 0 amide bonds. The maximum absolute atomic E-state index is 11.9. The summed E-state index contributed by atoms with van der Waals surface area (Å²) in [5.41, 5.74) is 1.58. The van der Waals surface area contributed by atoms with Crippen LogP contribution in [0.15, 0.2) is 89.8 Å². The molecule has 0 radical (unpaired) electrons. The summed E-state index contributed by atoms with van der Waals surface area (Å²) in [7, 11) is -4.78. The maximum Gasteiger partial charge on any atom is 1.00 e. The second-order valence-corrected chi connectivity index (χ2v) is 7.90. The van der Waals surface area contributed by atoms with Gasteiger partial charge in [-0.25, -0.2) is 8.42 Å². The van der Waals surface area contributed by atoms with E-state index in [0.717, 1.165) is 11.1 Å². The van der Waals surface area contributed by atoms with E-state index in [9.17, 15) is 23.2 Å². The number of nitrogens with zero attached hydrogens (tertiary/aromatic N) is 1. The van der Waals surface area contributed by atoms with Gasteiger partial charge in [-0.05, 0) is 23.3 Å². The second-order valence-electron chi connectivity index (χ2n) is 6.55. The predicted molar refractivity (Wildman–Crippen MR) is 109 cm³/mol. The summed E-state index contributed by atoms with van der Waals surface area (Å²) >= 11 is 0. The summed E-state index contributed by atoms with van der Waals surface area (Å²) in [6, 6.07) is 22.6. The molecule has 3 aromatic rings. The van der Waals surface area contributed by atoms with Crippen LogP contribution in [0.1, 0.15) is 23.2 Å². The molecule has 0 aliphatic carbocycles. The molecule has 2 unspecified atom stereocenters. The Morgan fingerprint density at radius 2 is 1.13 bits per heavy atom. The summed E-state index contributed by atoms with van der Waals surface area (Å²) in [6.07, 6.45) is 0. The Hall–Kier alpha value is -2.11. The molecule has 3 rings (SSSR count). The Morgan fingerprint density at radius 3 is 1.53 bits per heavy atom. The summed E-state index contributed by atoms with van der Waals surface area (Å²) in [6.45, 7) is -0.693. The fourth-order valence-corrected chi connectivity index (χ4v) is 4.17. The zero-order valence-electron chi connectivity index (χ0n) is 16.6. The molecule has 0 saturated heterocycles. The Bertz CT molecular complexity index is 984. The summed E-state index contributed by atoms with van der Waals surface area (Å²) in [5, 5.41) is 20.5. The Balaban J connectivity index is 0.00000320. The molecular weight excluding hydrogens is 397 g/mol. The van der Waals surface area contributed by atoms with Crippen molar-refractivity contribution in [2.45, 2.75) is 17.0 Å². The minimum Gasteiger partial charge on any atom is -0.744 e. The van der Waals surface area contributed by atoms with Crippen LogP contribution in [0.3, 0.4) is 0 Å². The SMILES string of the molecule is O=S(=O)([O-])c1ccccc1N(C(CO)c1ccccc1)C(CO)c1ccccc1.[Li+]. The first-order valence-corrected chi connectivity index (χ1v) is 10.5. The topological polar surface area (TPSA) is 101 Å². The molecule has 0 aromatic heterocycles. The molecule has 0 saturated carbocycles. The molecule has 152 valence electrons. The van der Waals surface area contributed by atoms with Crippen LogP contribution in [0.25, 0.3) is 0 Å². The molecule has 0 aliphatic heterocycles. The van der Waals surface area contributed by atoms with Crippen LogP contribution < -0.4 is 23.8 Å². The molecule has 30 heavy (non-hydrogen) atoms. The molecule has 0 aliphatic rings. The fraction of sp³-hybridized carbons (Fsp3) is 0.182. The van der Waals surface area contributed by atoms with Crippen LogP contribution in [-0.4, -0.2) is 36.4 Å².